The molecule has 19 heavy (non-hydrogen) atoms. The fraction of sp³-hybridized carbons (Fsp3) is 0.643. The van der Waals surface area contributed by atoms with Crippen LogP contribution in [0.4, 0.5) is 0 Å². The van der Waals surface area contributed by atoms with Crippen molar-refractivity contribution in [3.63, 3.8) is 0 Å². The van der Waals surface area contributed by atoms with Gasteiger partial charge in [0.05, 0.1) is 14.0 Å². The smallest absolute Gasteiger partial charge is 0.254 e. The first-order valence-electron chi connectivity index (χ1n) is 6.84. The number of hydrogen-bond acceptors (Lipinski definition) is 3. The van der Waals surface area contributed by atoms with Gasteiger partial charge < -0.3 is 10.0 Å². The lowest BCUT2D eigenvalue weighted by atomic mass is 9.71. The van der Waals surface area contributed by atoms with Crippen molar-refractivity contribution in [3.8, 4) is 0 Å². The highest BCUT2D eigenvalue weighted by Gasteiger charge is 2.43. The Hall–Kier alpha value is -0.140. The summed E-state index contributed by atoms with van der Waals surface area (Å²) in [5.74, 6) is 0.406. The number of piperidine rings is 1. The maximum Gasteiger partial charge on any atom is 0.254 e. The van der Waals surface area contributed by atoms with E-state index in [1.165, 1.54) is 6.42 Å². The van der Waals surface area contributed by atoms with Gasteiger partial charge in [-0.15, -0.1) is 11.3 Å². The van der Waals surface area contributed by atoms with Crippen LogP contribution in [0.15, 0.2) is 11.4 Å². The Morgan fingerprint density at radius 1 is 1.47 bits per heavy atom. The standard InChI is InChI=1S/C14H18INO2S/c15-12-7-10(9-19-12)13(17)16-6-5-14(18)4-2-1-3-11(14)8-16/h7,9,11,18H,1-6,8H2. The van der Waals surface area contributed by atoms with Crippen LogP contribution in [0.5, 0.6) is 0 Å². The Balaban J connectivity index is 1.72. The molecule has 1 aliphatic carbocycles. The van der Waals surface area contributed by atoms with Crippen molar-refractivity contribution in [2.24, 2.45) is 5.92 Å². The number of rotatable bonds is 1. The van der Waals surface area contributed by atoms with Crippen LogP contribution in [-0.4, -0.2) is 34.6 Å². The molecule has 2 heterocycles. The molecule has 3 nitrogen and oxygen atoms in total. The highest BCUT2D eigenvalue weighted by atomic mass is 127. The maximum atomic E-state index is 12.4. The molecule has 1 aromatic heterocycles. The van der Waals surface area contributed by atoms with Gasteiger partial charge >= 0.3 is 0 Å². The van der Waals surface area contributed by atoms with Crippen LogP contribution in [0.25, 0.3) is 0 Å². The van der Waals surface area contributed by atoms with Crippen molar-refractivity contribution in [1.82, 2.24) is 4.90 Å². The van der Waals surface area contributed by atoms with E-state index in [1.807, 2.05) is 16.3 Å². The van der Waals surface area contributed by atoms with Gasteiger partial charge in [-0.2, -0.15) is 0 Å². The van der Waals surface area contributed by atoms with Gasteiger partial charge in [0, 0.05) is 24.4 Å². The normalized spacial score (nSPS) is 31.1. The van der Waals surface area contributed by atoms with Gasteiger partial charge in [-0.3, -0.25) is 4.79 Å². The topological polar surface area (TPSA) is 40.5 Å². The van der Waals surface area contributed by atoms with Crippen molar-refractivity contribution in [2.75, 3.05) is 13.1 Å². The molecule has 1 aromatic rings. The minimum atomic E-state index is -0.502. The van der Waals surface area contributed by atoms with E-state index in [4.69, 9.17) is 0 Å². The quantitative estimate of drug-likeness (QED) is 0.748. The van der Waals surface area contributed by atoms with Crippen LogP contribution in [0.3, 0.4) is 0 Å². The number of hydrogen-bond donors (Lipinski definition) is 1. The summed E-state index contributed by atoms with van der Waals surface area (Å²) >= 11 is 3.85. The minimum absolute atomic E-state index is 0.131. The van der Waals surface area contributed by atoms with E-state index in [1.54, 1.807) is 11.3 Å². The molecule has 3 rings (SSSR count). The zero-order chi connectivity index (χ0) is 13.5. The number of carbonyl (C=O) groups is 1. The van der Waals surface area contributed by atoms with Crippen molar-refractivity contribution in [2.45, 2.75) is 37.7 Å². The minimum Gasteiger partial charge on any atom is -0.389 e. The SMILES string of the molecule is O=C(c1csc(I)c1)N1CCC2(O)CCCCC2C1. The first-order chi connectivity index (χ1) is 9.08. The average Bonchev–Trinajstić information content (AvgIpc) is 2.83. The molecule has 5 heteroatoms. The van der Waals surface area contributed by atoms with Gasteiger partial charge in [0.25, 0.3) is 5.91 Å². The first kappa shape index (κ1) is 13.8. The Kier molecular flexibility index (Phi) is 3.88. The number of likely N-dealkylation sites (tertiary alicyclic amines) is 1. The molecule has 1 aliphatic heterocycles. The zero-order valence-corrected chi connectivity index (χ0v) is 13.7. The predicted octanol–water partition coefficient (Wildman–Crippen LogP) is 3.12. The Morgan fingerprint density at radius 2 is 2.32 bits per heavy atom. The number of thiophene rings is 1. The summed E-state index contributed by atoms with van der Waals surface area (Å²) in [6, 6.07) is 1.95. The summed E-state index contributed by atoms with van der Waals surface area (Å²) < 4.78 is 1.15. The second-order valence-corrected chi connectivity index (χ2v) is 8.49. The summed E-state index contributed by atoms with van der Waals surface area (Å²) in [6.07, 6.45) is 5.02. The Bertz CT molecular complexity index is 490. The van der Waals surface area contributed by atoms with Gasteiger partial charge in [-0.05, 0) is 47.9 Å². The fourth-order valence-corrected chi connectivity index (χ4v) is 4.68. The number of carbonyl (C=O) groups excluding carboxylic acids is 1. The lowest BCUT2D eigenvalue weighted by Gasteiger charge is -2.47. The van der Waals surface area contributed by atoms with E-state index in [9.17, 15) is 9.90 Å². The number of nitrogens with zero attached hydrogens (tertiary/aromatic N) is 1. The third kappa shape index (κ3) is 2.69. The molecule has 104 valence electrons. The van der Waals surface area contributed by atoms with E-state index in [-0.39, 0.29) is 11.8 Å². The highest BCUT2D eigenvalue weighted by Crippen LogP contribution is 2.40. The van der Waals surface area contributed by atoms with Crippen LogP contribution in [-0.2, 0) is 0 Å². The molecule has 0 radical (unpaired) electrons. The highest BCUT2D eigenvalue weighted by molar-refractivity contribution is 14.1. The summed E-state index contributed by atoms with van der Waals surface area (Å²) in [6.45, 7) is 1.42. The average molecular weight is 391 g/mol. The number of halogens is 1. The molecule has 2 aliphatic rings. The Labute approximate surface area is 131 Å². The summed E-state index contributed by atoms with van der Waals surface area (Å²) in [5.41, 5.74) is 0.300. The monoisotopic (exact) mass is 391 g/mol. The number of fused-ring (bicyclic) bond motifs is 1. The van der Waals surface area contributed by atoms with Gasteiger partial charge in [0.15, 0.2) is 0 Å². The molecule has 0 bridgehead atoms. The van der Waals surface area contributed by atoms with Gasteiger partial charge in [-0.25, -0.2) is 0 Å². The lowest BCUT2D eigenvalue weighted by molar-refractivity contribution is -0.0886. The lowest BCUT2D eigenvalue weighted by Crippen LogP contribution is -2.54. The van der Waals surface area contributed by atoms with Gasteiger partial charge in [0.2, 0.25) is 0 Å². The van der Waals surface area contributed by atoms with E-state index < -0.39 is 5.60 Å². The molecular formula is C14H18INO2S. The first-order valence-corrected chi connectivity index (χ1v) is 8.80. The van der Waals surface area contributed by atoms with E-state index in [2.05, 4.69) is 22.6 Å². The summed E-state index contributed by atoms with van der Waals surface area (Å²) in [4.78, 5) is 14.4. The molecule has 2 unspecified atom stereocenters. The van der Waals surface area contributed by atoms with E-state index in [0.717, 1.165) is 40.7 Å². The second-order valence-electron chi connectivity index (χ2n) is 5.69. The number of amides is 1. The molecule has 1 saturated carbocycles. The maximum absolute atomic E-state index is 12.4. The van der Waals surface area contributed by atoms with Gasteiger partial charge in [-0.1, -0.05) is 12.8 Å². The van der Waals surface area contributed by atoms with Crippen LogP contribution in [0.1, 0.15) is 42.5 Å². The molecule has 1 amide bonds. The molecule has 2 fully saturated rings. The van der Waals surface area contributed by atoms with Crippen LogP contribution in [0.2, 0.25) is 0 Å². The summed E-state index contributed by atoms with van der Waals surface area (Å²) in [7, 11) is 0. The van der Waals surface area contributed by atoms with Crippen LogP contribution < -0.4 is 0 Å². The molecule has 1 N–H and O–H groups in total. The third-order valence-electron chi connectivity index (χ3n) is 4.53. The predicted molar refractivity (Wildman–Crippen MR) is 84.5 cm³/mol. The molecular weight excluding hydrogens is 373 g/mol. The number of aliphatic hydroxyl groups is 1. The van der Waals surface area contributed by atoms with Crippen molar-refractivity contribution in [1.29, 1.82) is 0 Å². The van der Waals surface area contributed by atoms with Crippen molar-refractivity contribution < 1.29 is 9.90 Å². The largest absolute Gasteiger partial charge is 0.389 e. The third-order valence-corrected chi connectivity index (χ3v) is 6.32. The van der Waals surface area contributed by atoms with Crippen molar-refractivity contribution >= 4 is 39.8 Å². The summed E-state index contributed by atoms with van der Waals surface area (Å²) in [5, 5.41) is 12.6. The van der Waals surface area contributed by atoms with E-state index in [0.29, 0.717) is 6.54 Å². The van der Waals surface area contributed by atoms with Crippen LogP contribution >= 0.6 is 33.9 Å². The second kappa shape index (κ2) is 5.33. The Morgan fingerprint density at radius 3 is 3.05 bits per heavy atom. The fourth-order valence-electron chi connectivity index (χ4n) is 3.36. The molecule has 0 spiro atoms. The van der Waals surface area contributed by atoms with E-state index >= 15 is 0 Å². The van der Waals surface area contributed by atoms with Crippen LogP contribution in [0, 0.1) is 8.80 Å². The molecule has 2 atom stereocenters. The van der Waals surface area contributed by atoms with Crippen molar-refractivity contribution in [3.05, 3.63) is 19.9 Å². The van der Waals surface area contributed by atoms with Gasteiger partial charge in [0.1, 0.15) is 0 Å². The molecule has 0 aromatic carbocycles. The molecule has 1 saturated heterocycles. The zero-order valence-electron chi connectivity index (χ0n) is 10.8.